The zero-order valence-electron chi connectivity index (χ0n) is 9.22. The average molecular weight is 176 g/mol. The first-order valence-electron chi connectivity index (χ1n) is 5.13. The van der Waals surface area contributed by atoms with E-state index in [4.69, 9.17) is 0 Å². The summed E-state index contributed by atoms with van der Waals surface area (Å²) in [5.41, 5.74) is 4.46. The summed E-state index contributed by atoms with van der Waals surface area (Å²) in [5.74, 6) is 0.836. The van der Waals surface area contributed by atoms with Gasteiger partial charge in [0.2, 0.25) is 0 Å². The summed E-state index contributed by atoms with van der Waals surface area (Å²) in [7, 11) is 0. The van der Waals surface area contributed by atoms with Crippen molar-refractivity contribution in [3.63, 3.8) is 0 Å². The largest absolute Gasteiger partial charge is 0.0842 e. The Morgan fingerprint density at radius 1 is 1.23 bits per heavy atom. The first kappa shape index (κ1) is 10.3. The van der Waals surface area contributed by atoms with Crippen LogP contribution in [0.1, 0.15) is 40.5 Å². The number of hydrogen-bond donors (Lipinski definition) is 0. The van der Waals surface area contributed by atoms with Crippen molar-refractivity contribution in [2.24, 2.45) is 5.92 Å². The SMILES string of the molecule is C/C=C1/CC(C)C/C1=C/C=C(C)C. The number of hydrogen-bond acceptors (Lipinski definition) is 0. The molecule has 1 fully saturated rings. The van der Waals surface area contributed by atoms with Crippen LogP contribution in [0.25, 0.3) is 0 Å². The molecule has 0 saturated heterocycles. The molecule has 0 aromatic heterocycles. The minimum Gasteiger partial charge on any atom is -0.0842 e. The van der Waals surface area contributed by atoms with Crippen LogP contribution in [-0.2, 0) is 0 Å². The van der Waals surface area contributed by atoms with E-state index in [1.807, 2.05) is 0 Å². The zero-order valence-corrected chi connectivity index (χ0v) is 9.22. The molecule has 1 aliphatic carbocycles. The lowest BCUT2D eigenvalue weighted by Crippen LogP contribution is -1.80. The Labute approximate surface area is 82.0 Å². The van der Waals surface area contributed by atoms with Crippen molar-refractivity contribution in [3.05, 3.63) is 34.9 Å². The maximum atomic E-state index is 2.33. The lowest BCUT2D eigenvalue weighted by molar-refractivity contribution is 0.640. The van der Waals surface area contributed by atoms with E-state index in [1.54, 1.807) is 5.57 Å². The lowest BCUT2D eigenvalue weighted by Gasteiger charge is -1.96. The summed E-state index contributed by atoms with van der Waals surface area (Å²) in [5, 5.41) is 0. The highest BCUT2D eigenvalue weighted by molar-refractivity contribution is 5.38. The molecule has 1 saturated carbocycles. The quantitative estimate of drug-likeness (QED) is 0.560. The van der Waals surface area contributed by atoms with E-state index in [9.17, 15) is 0 Å². The van der Waals surface area contributed by atoms with E-state index in [0.29, 0.717) is 0 Å². The van der Waals surface area contributed by atoms with Gasteiger partial charge in [0, 0.05) is 0 Å². The van der Waals surface area contributed by atoms with E-state index in [2.05, 4.69) is 45.9 Å². The van der Waals surface area contributed by atoms with Gasteiger partial charge in [-0.3, -0.25) is 0 Å². The molecule has 1 atom stereocenters. The fraction of sp³-hybridized carbons (Fsp3) is 0.538. The van der Waals surface area contributed by atoms with Crippen LogP contribution in [0.5, 0.6) is 0 Å². The minimum atomic E-state index is 0.836. The summed E-state index contributed by atoms with van der Waals surface area (Å²) >= 11 is 0. The lowest BCUT2D eigenvalue weighted by atomic mass is 10.1. The molecule has 0 radical (unpaired) electrons. The summed E-state index contributed by atoms with van der Waals surface area (Å²) in [6.07, 6.45) is 9.28. The van der Waals surface area contributed by atoms with Gasteiger partial charge in [-0.05, 0) is 50.7 Å². The van der Waals surface area contributed by atoms with Crippen LogP contribution in [0.3, 0.4) is 0 Å². The molecule has 0 bridgehead atoms. The molecule has 0 aromatic carbocycles. The van der Waals surface area contributed by atoms with E-state index in [0.717, 1.165) is 5.92 Å². The van der Waals surface area contributed by atoms with Gasteiger partial charge in [0.1, 0.15) is 0 Å². The maximum Gasteiger partial charge on any atom is -0.0247 e. The molecule has 1 rings (SSSR count). The Morgan fingerprint density at radius 2 is 1.85 bits per heavy atom. The molecule has 72 valence electrons. The molecule has 0 N–H and O–H groups in total. The minimum absolute atomic E-state index is 0.836. The van der Waals surface area contributed by atoms with Gasteiger partial charge < -0.3 is 0 Å². The van der Waals surface area contributed by atoms with Gasteiger partial charge in [0.25, 0.3) is 0 Å². The van der Waals surface area contributed by atoms with Crippen molar-refractivity contribution in [1.29, 1.82) is 0 Å². The highest BCUT2D eigenvalue weighted by Crippen LogP contribution is 2.34. The first-order valence-corrected chi connectivity index (χ1v) is 5.13. The average Bonchev–Trinajstić information content (AvgIpc) is 2.42. The third kappa shape index (κ3) is 2.87. The topological polar surface area (TPSA) is 0 Å². The van der Waals surface area contributed by atoms with Crippen LogP contribution in [0.4, 0.5) is 0 Å². The molecule has 0 heteroatoms. The van der Waals surface area contributed by atoms with Gasteiger partial charge in [0.15, 0.2) is 0 Å². The molecule has 0 spiro atoms. The highest BCUT2D eigenvalue weighted by atomic mass is 14.2. The molecule has 0 aliphatic heterocycles. The van der Waals surface area contributed by atoms with E-state index in [1.165, 1.54) is 24.0 Å². The standard InChI is InChI=1S/C13H20/c1-5-12-8-11(4)9-13(12)7-6-10(2)3/h5-7,11H,8-9H2,1-4H3/b12-5-,13-7-. The second kappa shape index (κ2) is 4.45. The molecule has 0 heterocycles. The van der Waals surface area contributed by atoms with Gasteiger partial charge in [-0.25, -0.2) is 0 Å². The molecule has 13 heavy (non-hydrogen) atoms. The van der Waals surface area contributed by atoms with E-state index < -0.39 is 0 Å². The van der Waals surface area contributed by atoms with Gasteiger partial charge >= 0.3 is 0 Å². The van der Waals surface area contributed by atoms with Crippen LogP contribution in [0, 0.1) is 5.92 Å². The predicted octanol–water partition coefficient (Wildman–Crippen LogP) is 4.26. The predicted molar refractivity (Wildman–Crippen MR) is 59.7 cm³/mol. The maximum absolute atomic E-state index is 2.33. The summed E-state index contributed by atoms with van der Waals surface area (Å²) in [6, 6.07) is 0. The van der Waals surface area contributed by atoms with E-state index in [-0.39, 0.29) is 0 Å². The Morgan fingerprint density at radius 3 is 2.38 bits per heavy atom. The number of rotatable bonds is 1. The van der Waals surface area contributed by atoms with Crippen molar-refractivity contribution < 1.29 is 0 Å². The Bertz CT molecular complexity index is 260. The zero-order chi connectivity index (χ0) is 9.84. The highest BCUT2D eigenvalue weighted by Gasteiger charge is 2.18. The van der Waals surface area contributed by atoms with Crippen LogP contribution in [0.2, 0.25) is 0 Å². The van der Waals surface area contributed by atoms with Gasteiger partial charge in [-0.1, -0.05) is 30.7 Å². The summed E-state index contributed by atoms with van der Waals surface area (Å²) in [4.78, 5) is 0. The van der Waals surface area contributed by atoms with Crippen molar-refractivity contribution in [3.8, 4) is 0 Å². The molecule has 1 aliphatic rings. The summed E-state index contributed by atoms with van der Waals surface area (Å²) in [6.45, 7) is 8.76. The Hall–Kier alpha value is -0.780. The van der Waals surface area contributed by atoms with Crippen LogP contribution in [0.15, 0.2) is 34.9 Å². The fourth-order valence-corrected chi connectivity index (χ4v) is 1.83. The smallest absolute Gasteiger partial charge is 0.0247 e. The third-order valence-corrected chi connectivity index (χ3v) is 2.52. The third-order valence-electron chi connectivity index (χ3n) is 2.52. The molecular weight excluding hydrogens is 156 g/mol. The van der Waals surface area contributed by atoms with E-state index >= 15 is 0 Å². The van der Waals surface area contributed by atoms with Crippen LogP contribution >= 0.6 is 0 Å². The molecule has 0 nitrogen and oxygen atoms in total. The molecule has 1 unspecified atom stereocenters. The molecule has 0 aromatic rings. The van der Waals surface area contributed by atoms with Crippen LogP contribution in [-0.4, -0.2) is 0 Å². The van der Waals surface area contributed by atoms with Crippen LogP contribution < -0.4 is 0 Å². The Balaban J connectivity index is 2.80. The Kier molecular flexibility index (Phi) is 3.53. The van der Waals surface area contributed by atoms with Crippen molar-refractivity contribution >= 4 is 0 Å². The normalized spacial score (nSPS) is 28.5. The van der Waals surface area contributed by atoms with Crippen molar-refractivity contribution in [2.75, 3.05) is 0 Å². The number of allylic oxidation sites excluding steroid dienone is 6. The molecular formula is C13H20. The summed E-state index contributed by atoms with van der Waals surface area (Å²) < 4.78 is 0. The first-order chi connectivity index (χ1) is 6.13. The van der Waals surface area contributed by atoms with Gasteiger partial charge in [-0.2, -0.15) is 0 Å². The fourth-order valence-electron chi connectivity index (χ4n) is 1.83. The molecule has 0 amide bonds. The van der Waals surface area contributed by atoms with Crippen molar-refractivity contribution in [1.82, 2.24) is 0 Å². The van der Waals surface area contributed by atoms with Crippen molar-refractivity contribution in [2.45, 2.75) is 40.5 Å². The van der Waals surface area contributed by atoms with Gasteiger partial charge in [-0.15, -0.1) is 0 Å². The second-order valence-electron chi connectivity index (χ2n) is 4.26. The van der Waals surface area contributed by atoms with Gasteiger partial charge in [0.05, 0.1) is 0 Å². The second-order valence-corrected chi connectivity index (χ2v) is 4.26. The monoisotopic (exact) mass is 176 g/mol.